The minimum absolute atomic E-state index is 0.306. The van der Waals surface area contributed by atoms with Gasteiger partial charge >= 0.3 is 6.03 Å². The monoisotopic (exact) mass is 505 g/mol. The predicted molar refractivity (Wildman–Crippen MR) is 145 cm³/mol. The molecule has 0 aliphatic rings. The SMILES string of the molecule is CC(C)c1ccc(NC(=O)Nc2ccc(-c3nnc(/C=C/c4c(Cl)cccc4Cl)n3C)cc2)cc1. The van der Waals surface area contributed by atoms with E-state index in [-0.39, 0.29) is 6.03 Å². The molecule has 0 saturated carbocycles. The number of aromatic nitrogens is 3. The number of urea groups is 1. The third-order valence-corrected chi connectivity index (χ3v) is 6.20. The van der Waals surface area contributed by atoms with Gasteiger partial charge < -0.3 is 15.2 Å². The second-order valence-corrected chi connectivity index (χ2v) is 9.16. The number of hydrogen-bond acceptors (Lipinski definition) is 3. The molecule has 0 spiro atoms. The molecule has 6 nitrogen and oxygen atoms in total. The van der Waals surface area contributed by atoms with Crippen LogP contribution in [0, 0.1) is 0 Å². The number of benzene rings is 3. The van der Waals surface area contributed by atoms with Gasteiger partial charge in [0.1, 0.15) is 0 Å². The molecule has 178 valence electrons. The zero-order valence-corrected chi connectivity index (χ0v) is 21.1. The predicted octanol–water partition coefficient (Wildman–Crippen LogP) is 7.73. The van der Waals surface area contributed by atoms with E-state index in [1.165, 1.54) is 5.56 Å². The van der Waals surface area contributed by atoms with E-state index in [2.05, 4.69) is 34.7 Å². The molecule has 2 amide bonds. The van der Waals surface area contributed by atoms with Crippen molar-refractivity contribution >= 4 is 52.8 Å². The van der Waals surface area contributed by atoms with Crippen molar-refractivity contribution in [1.29, 1.82) is 0 Å². The highest BCUT2D eigenvalue weighted by atomic mass is 35.5. The highest BCUT2D eigenvalue weighted by Gasteiger charge is 2.11. The van der Waals surface area contributed by atoms with Gasteiger partial charge in [0.25, 0.3) is 0 Å². The van der Waals surface area contributed by atoms with Gasteiger partial charge in [-0.15, -0.1) is 10.2 Å². The first kappa shape index (κ1) is 24.5. The van der Waals surface area contributed by atoms with E-state index < -0.39 is 0 Å². The Hall–Kier alpha value is -3.61. The normalized spacial score (nSPS) is 11.3. The molecule has 0 bridgehead atoms. The number of halogens is 2. The number of nitrogens with one attached hydrogen (secondary N) is 2. The third-order valence-electron chi connectivity index (χ3n) is 5.54. The summed E-state index contributed by atoms with van der Waals surface area (Å²) < 4.78 is 1.87. The topological polar surface area (TPSA) is 71.8 Å². The molecule has 1 aromatic heterocycles. The first-order valence-electron chi connectivity index (χ1n) is 11.1. The second-order valence-electron chi connectivity index (χ2n) is 8.34. The van der Waals surface area contributed by atoms with Crippen LogP contribution >= 0.6 is 23.2 Å². The quantitative estimate of drug-likeness (QED) is 0.281. The van der Waals surface area contributed by atoms with E-state index in [1.807, 2.05) is 72.3 Å². The molecular formula is C27H25Cl2N5O. The summed E-state index contributed by atoms with van der Waals surface area (Å²) in [6, 6.07) is 20.3. The number of nitrogens with zero attached hydrogens (tertiary/aromatic N) is 3. The van der Waals surface area contributed by atoms with Gasteiger partial charge in [-0.2, -0.15) is 0 Å². The van der Waals surface area contributed by atoms with Crippen molar-refractivity contribution < 1.29 is 4.79 Å². The summed E-state index contributed by atoms with van der Waals surface area (Å²) in [5.41, 5.74) is 4.22. The summed E-state index contributed by atoms with van der Waals surface area (Å²) in [7, 11) is 1.88. The van der Waals surface area contributed by atoms with Crippen molar-refractivity contribution in [2.75, 3.05) is 10.6 Å². The van der Waals surface area contributed by atoms with Gasteiger partial charge in [-0.3, -0.25) is 0 Å². The maximum absolute atomic E-state index is 12.4. The van der Waals surface area contributed by atoms with Crippen molar-refractivity contribution in [3.63, 3.8) is 0 Å². The van der Waals surface area contributed by atoms with E-state index >= 15 is 0 Å². The number of anilines is 2. The molecule has 4 aromatic rings. The lowest BCUT2D eigenvalue weighted by Crippen LogP contribution is -2.19. The van der Waals surface area contributed by atoms with Crippen LogP contribution in [0.4, 0.5) is 16.2 Å². The lowest BCUT2D eigenvalue weighted by molar-refractivity contribution is 0.262. The van der Waals surface area contributed by atoms with Gasteiger partial charge in [-0.05, 0) is 72.2 Å². The number of carbonyl (C=O) groups excluding carboxylic acids is 1. The van der Waals surface area contributed by atoms with E-state index in [0.29, 0.717) is 33.3 Å². The summed E-state index contributed by atoms with van der Waals surface area (Å²) in [4.78, 5) is 12.4. The summed E-state index contributed by atoms with van der Waals surface area (Å²) in [6.07, 6.45) is 3.64. The largest absolute Gasteiger partial charge is 0.323 e. The average molecular weight is 506 g/mol. The minimum Gasteiger partial charge on any atom is -0.311 e. The molecule has 0 radical (unpaired) electrons. The molecule has 0 atom stereocenters. The van der Waals surface area contributed by atoms with Crippen LogP contribution in [0.2, 0.25) is 10.0 Å². The van der Waals surface area contributed by atoms with Crippen LogP contribution in [0.25, 0.3) is 23.5 Å². The average Bonchev–Trinajstić information content (AvgIpc) is 3.20. The Morgan fingerprint density at radius 3 is 2.00 bits per heavy atom. The highest BCUT2D eigenvalue weighted by molar-refractivity contribution is 6.37. The van der Waals surface area contributed by atoms with Gasteiger partial charge in [-0.1, -0.05) is 55.2 Å². The Morgan fingerprint density at radius 1 is 0.857 bits per heavy atom. The molecule has 0 unspecified atom stereocenters. The first-order valence-corrected chi connectivity index (χ1v) is 11.9. The van der Waals surface area contributed by atoms with E-state index in [0.717, 1.165) is 16.8 Å². The van der Waals surface area contributed by atoms with Gasteiger partial charge in [0.05, 0.1) is 0 Å². The maximum atomic E-state index is 12.4. The number of hydrogen-bond donors (Lipinski definition) is 2. The van der Waals surface area contributed by atoms with Gasteiger partial charge in [0.15, 0.2) is 11.6 Å². The molecular weight excluding hydrogens is 481 g/mol. The number of carbonyl (C=O) groups is 1. The van der Waals surface area contributed by atoms with Gasteiger partial charge in [0.2, 0.25) is 0 Å². The number of amides is 2. The Bertz CT molecular complexity index is 1340. The van der Waals surface area contributed by atoms with Crippen LogP contribution < -0.4 is 10.6 Å². The van der Waals surface area contributed by atoms with Crippen molar-refractivity contribution in [3.05, 3.63) is 93.7 Å². The molecule has 0 aliphatic carbocycles. The summed E-state index contributed by atoms with van der Waals surface area (Å²) in [5, 5.41) is 15.4. The second kappa shape index (κ2) is 10.8. The lowest BCUT2D eigenvalue weighted by Gasteiger charge is -2.10. The van der Waals surface area contributed by atoms with Gasteiger partial charge in [-0.25, -0.2) is 4.79 Å². The first-order chi connectivity index (χ1) is 16.8. The van der Waals surface area contributed by atoms with Crippen LogP contribution in [0.1, 0.15) is 36.7 Å². The molecule has 4 rings (SSSR count). The van der Waals surface area contributed by atoms with Crippen LogP contribution in [0.15, 0.2) is 66.7 Å². The van der Waals surface area contributed by atoms with Crippen LogP contribution in [0.3, 0.4) is 0 Å². The summed E-state index contributed by atoms with van der Waals surface area (Å²) >= 11 is 12.5. The molecule has 2 N–H and O–H groups in total. The fourth-order valence-electron chi connectivity index (χ4n) is 3.51. The van der Waals surface area contributed by atoms with Crippen LogP contribution in [-0.4, -0.2) is 20.8 Å². The zero-order chi connectivity index (χ0) is 24.9. The minimum atomic E-state index is -0.306. The van der Waals surface area contributed by atoms with Crippen LogP contribution in [0.5, 0.6) is 0 Å². The smallest absolute Gasteiger partial charge is 0.311 e. The molecule has 3 aromatic carbocycles. The van der Waals surface area contributed by atoms with E-state index in [4.69, 9.17) is 23.2 Å². The summed E-state index contributed by atoms with van der Waals surface area (Å²) in [6.45, 7) is 4.27. The summed E-state index contributed by atoms with van der Waals surface area (Å²) in [5.74, 6) is 1.79. The molecule has 8 heteroatoms. The Labute approximate surface area is 214 Å². The Morgan fingerprint density at radius 2 is 1.43 bits per heavy atom. The molecule has 0 saturated heterocycles. The molecule has 1 heterocycles. The van der Waals surface area contributed by atoms with Crippen molar-refractivity contribution in [1.82, 2.24) is 14.8 Å². The Balaban J connectivity index is 1.42. The van der Waals surface area contributed by atoms with Crippen LogP contribution in [-0.2, 0) is 7.05 Å². The zero-order valence-electron chi connectivity index (χ0n) is 19.6. The Kier molecular flexibility index (Phi) is 7.54. The van der Waals surface area contributed by atoms with Crippen molar-refractivity contribution in [3.8, 4) is 11.4 Å². The van der Waals surface area contributed by atoms with E-state index in [1.54, 1.807) is 18.2 Å². The fourth-order valence-corrected chi connectivity index (χ4v) is 4.04. The van der Waals surface area contributed by atoms with Crippen molar-refractivity contribution in [2.24, 2.45) is 7.05 Å². The molecule has 35 heavy (non-hydrogen) atoms. The lowest BCUT2D eigenvalue weighted by atomic mass is 10.0. The number of rotatable bonds is 6. The standard InChI is InChI=1S/C27H25Cl2N5O/c1-17(2)18-7-11-20(12-8-18)30-27(35)31-21-13-9-19(10-14-21)26-33-32-25(34(26)3)16-15-22-23(28)5-4-6-24(22)29/h4-17H,1-3H3,(H2,30,31,35)/b16-15+. The van der Waals surface area contributed by atoms with E-state index in [9.17, 15) is 4.79 Å². The third kappa shape index (κ3) is 5.91. The fraction of sp³-hybridized carbons (Fsp3) is 0.148. The molecule has 0 aliphatic heterocycles. The van der Waals surface area contributed by atoms with Gasteiger partial charge in [0, 0.05) is 39.6 Å². The highest BCUT2D eigenvalue weighted by Crippen LogP contribution is 2.27. The van der Waals surface area contributed by atoms with Crippen molar-refractivity contribution in [2.45, 2.75) is 19.8 Å². The maximum Gasteiger partial charge on any atom is 0.323 e. The molecule has 0 fully saturated rings.